The second-order valence-electron chi connectivity index (χ2n) is 4.71. The number of nitrogens with zero attached hydrogens (tertiary/aromatic N) is 2. The Balaban J connectivity index is 2.30. The first-order valence-electron chi connectivity index (χ1n) is 7.24. The van der Waals surface area contributed by atoms with Crippen LogP contribution >= 0.6 is 23.2 Å². The highest BCUT2D eigenvalue weighted by atomic mass is 35.5. The van der Waals surface area contributed by atoms with Crippen LogP contribution < -0.4 is 10.1 Å². The summed E-state index contributed by atoms with van der Waals surface area (Å²) in [6, 6.07) is 4.34. The molecule has 1 aromatic carbocycles. The molecule has 0 aliphatic rings. The fourth-order valence-corrected chi connectivity index (χ4v) is 2.50. The Kier molecular flexibility index (Phi) is 7.41. The molecule has 0 bridgehead atoms. The van der Waals surface area contributed by atoms with Gasteiger partial charge in [-0.05, 0) is 12.1 Å². The van der Waals surface area contributed by atoms with Gasteiger partial charge in [0.1, 0.15) is 6.07 Å². The summed E-state index contributed by atoms with van der Waals surface area (Å²) in [5, 5.41) is 20.6. The summed E-state index contributed by atoms with van der Waals surface area (Å²) in [5.74, 6) is -0.510. The highest BCUT2D eigenvalue weighted by Crippen LogP contribution is 2.40. The zero-order valence-corrected chi connectivity index (χ0v) is 14.7. The molecule has 0 atom stereocenters. The number of anilines is 1. The number of rotatable bonds is 9. The summed E-state index contributed by atoms with van der Waals surface area (Å²) in [7, 11) is 0. The van der Waals surface area contributed by atoms with E-state index < -0.39 is 6.61 Å². The van der Waals surface area contributed by atoms with Gasteiger partial charge in [-0.25, -0.2) is 0 Å². The molecule has 1 heterocycles. The molecule has 2 N–H and O–H groups in total. The van der Waals surface area contributed by atoms with Gasteiger partial charge in [-0.1, -0.05) is 23.2 Å². The van der Waals surface area contributed by atoms with Crippen LogP contribution in [0.1, 0.15) is 5.69 Å². The molecule has 0 saturated carbocycles. The molecule has 0 saturated heterocycles. The lowest BCUT2D eigenvalue weighted by Crippen LogP contribution is -2.11. The number of aromatic nitrogens is 1. The third kappa shape index (κ3) is 5.19. The monoisotopic (exact) mass is 407 g/mol. The molecule has 7 nitrogen and oxygen atoms in total. The zero-order valence-electron chi connectivity index (χ0n) is 13.1. The van der Waals surface area contributed by atoms with Crippen LogP contribution in [0, 0.1) is 11.3 Å². The number of aliphatic hydroxyl groups is 1. The van der Waals surface area contributed by atoms with Crippen LogP contribution in [-0.4, -0.2) is 43.1 Å². The van der Waals surface area contributed by atoms with Gasteiger partial charge < -0.3 is 24.3 Å². The molecule has 0 amide bonds. The molecular weight excluding hydrogens is 395 g/mol. The molecule has 0 aliphatic heterocycles. The number of alkyl halides is 2. The number of nitriles is 1. The van der Waals surface area contributed by atoms with Crippen molar-refractivity contribution in [3.8, 4) is 23.3 Å². The molecule has 0 fully saturated rings. The van der Waals surface area contributed by atoms with Gasteiger partial charge in [-0.2, -0.15) is 19.0 Å². The van der Waals surface area contributed by atoms with Crippen LogP contribution in [-0.2, 0) is 4.74 Å². The molecule has 26 heavy (non-hydrogen) atoms. The molecule has 0 radical (unpaired) electrons. The molecular formula is C15H13Cl2F2N3O4. The van der Waals surface area contributed by atoms with Crippen molar-refractivity contribution in [1.29, 1.82) is 5.26 Å². The van der Waals surface area contributed by atoms with Gasteiger partial charge in [0.2, 0.25) is 17.5 Å². The van der Waals surface area contributed by atoms with Crippen molar-refractivity contribution in [1.82, 2.24) is 4.98 Å². The van der Waals surface area contributed by atoms with E-state index in [-0.39, 0.29) is 65.2 Å². The van der Waals surface area contributed by atoms with Crippen molar-refractivity contribution < 1.29 is 27.8 Å². The van der Waals surface area contributed by atoms with E-state index >= 15 is 0 Å². The lowest BCUT2D eigenvalue weighted by molar-refractivity contribution is -0.0494. The lowest BCUT2D eigenvalue weighted by atomic mass is 10.2. The lowest BCUT2D eigenvalue weighted by Gasteiger charge is -2.11. The number of aliphatic hydroxyl groups excluding tert-OH is 1. The second kappa shape index (κ2) is 9.54. The molecule has 140 valence electrons. The van der Waals surface area contributed by atoms with E-state index in [1.54, 1.807) is 0 Å². The number of ether oxygens (including phenoxy) is 2. The van der Waals surface area contributed by atoms with Gasteiger partial charge in [0, 0.05) is 11.6 Å². The Morgan fingerprint density at radius 1 is 1.35 bits per heavy atom. The van der Waals surface area contributed by atoms with Gasteiger partial charge >= 0.3 is 6.61 Å². The van der Waals surface area contributed by atoms with Gasteiger partial charge in [0.25, 0.3) is 0 Å². The van der Waals surface area contributed by atoms with Crippen LogP contribution in [0.2, 0.25) is 10.0 Å². The summed E-state index contributed by atoms with van der Waals surface area (Å²) in [6.07, 6.45) is 0. The topological polar surface area (TPSA) is 101 Å². The molecule has 0 aliphatic carbocycles. The fraction of sp³-hybridized carbons (Fsp3) is 0.333. The van der Waals surface area contributed by atoms with E-state index in [9.17, 15) is 8.78 Å². The average Bonchev–Trinajstić information content (AvgIpc) is 2.99. The summed E-state index contributed by atoms with van der Waals surface area (Å²) in [5.41, 5.74) is -0.120. The van der Waals surface area contributed by atoms with E-state index in [0.29, 0.717) is 0 Å². The molecule has 1 aromatic heterocycles. The molecule has 2 aromatic rings. The Morgan fingerprint density at radius 3 is 2.77 bits per heavy atom. The largest absolute Gasteiger partial charge is 0.432 e. The summed E-state index contributed by atoms with van der Waals surface area (Å²) < 4.78 is 40.2. The van der Waals surface area contributed by atoms with E-state index in [4.69, 9.17) is 42.7 Å². The first kappa shape index (κ1) is 20.2. The smallest absolute Gasteiger partial charge is 0.387 e. The van der Waals surface area contributed by atoms with Crippen molar-refractivity contribution in [2.45, 2.75) is 6.61 Å². The van der Waals surface area contributed by atoms with Gasteiger partial charge in [0.15, 0.2) is 5.75 Å². The number of hydrogen-bond donors (Lipinski definition) is 2. The Morgan fingerprint density at radius 2 is 2.12 bits per heavy atom. The molecule has 0 unspecified atom stereocenters. The highest BCUT2D eigenvalue weighted by Gasteiger charge is 2.22. The van der Waals surface area contributed by atoms with Crippen molar-refractivity contribution in [3.05, 3.63) is 27.9 Å². The van der Waals surface area contributed by atoms with Gasteiger partial charge in [-0.3, -0.25) is 0 Å². The normalized spacial score (nSPS) is 10.8. The maximum Gasteiger partial charge on any atom is 0.387 e. The second-order valence-corrected chi connectivity index (χ2v) is 5.56. The van der Waals surface area contributed by atoms with Crippen LogP contribution in [0.4, 0.5) is 14.7 Å². The van der Waals surface area contributed by atoms with E-state index in [0.717, 1.165) is 0 Å². The van der Waals surface area contributed by atoms with Crippen LogP contribution in [0.5, 0.6) is 5.75 Å². The number of nitrogens with one attached hydrogen (secondary N) is 1. The van der Waals surface area contributed by atoms with Crippen molar-refractivity contribution in [2.75, 3.05) is 31.7 Å². The van der Waals surface area contributed by atoms with Crippen molar-refractivity contribution >= 4 is 29.1 Å². The minimum Gasteiger partial charge on any atom is -0.432 e. The van der Waals surface area contributed by atoms with E-state index in [1.807, 2.05) is 6.07 Å². The Labute approximate surface area is 157 Å². The van der Waals surface area contributed by atoms with Crippen LogP contribution in [0.15, 0.2) is 16.5 Å². The maximum absolute atomic E-state index is 12.7. The first-order chi connectivity index (χ1) is 12.5. The standard InChI is InChI=1S/C15H13Cl2F2N3O4/c16-8-5-9(12(10(17)6-8)25-15(18)19)13-22-11(7-20)14(26-13)21-1-3-24-4-2-23/h5-6,15,21,23H,1-4H2. The van der Waals surface area contributed by atoms with Gasteiger partial charge in [0.05, 0.1) is 30.4 Å². The third-order valence-electron chi connectivity index (χ3n) is 2.95. The van der Waals surface area contributed by atoms with Crippen molar-refractivity contribution in [3.63, 3.8) is 0 Å². The number of hydrogen-bond acceptors (Lipinski definition) is 7. The fourth-order valence-electron chi connectivity index (χ4n) is 1.96. The number of halogens is 4. The van der Waals surface area contributed by atoms with Crippen LogP contribution in [0.3, 0.4) is 0 Å². The van der Waals surface area contributed by atoms with E-state index in [1.165, 1.54) is 12.1 Å². The van der Waals surface area contributed by atoms with Gasteiger partial charge in [-0.15, -0.1) is 0 Å². The Bertz CT molecular complexity index is 796. The van der Waals surface area contributed by atoms with E-state index in [2.05, 4.69) is 15.0 Å². The zero-order chi connectivity index (χ0) is 19.1. The quantitative estimate of drug-likeness (QED) is 0.612. The molecule has 0 spiro atoms. The predicted octanol–water partition coefficient (Wildman–Crippen LogP) is 3.54. The molecule has 2 rings (SSSR count). The first-order valence-corrected chi connectivity index (χ1v) is 7.99. The minimum atomic E-state index is -3.13. The third-order valence-corrected chi connectivity index (χ3v) is 3.45. The number of oxazole rings is 1. The summed E-state index contributed by atoms with van der Waals surface area (Å²) in [6.45, 7) is -2.56. The average molecular weight is 408 g/mol. The minimum absolute atomic E-state index is 0.0224. The van der Waals surface area contributed by atoms with Crippen LogP contribution in [0.25, 0.3) is 11.5 Å². The Hall–Kier alpha value is -2.12. The summed E-state index contributed by atoms with van der Waals surface area (Å²) >= 11 is 11.8. The molecule has 11 heteroatoms. The SMILES string of the molecule is N#Cc1nc(-c2cc(Cl)cc(Cl)c2OC(F)F)oc1NCCOCCO. The summed E-state index contributed by atoms with van der Waals surface area (Å²) in [4.78, 5) is 3.95. The highest BCUT2D eigenvalue weighted by molar-refractivity contribution is 6.36. The number of benzene rings is 1. The maximum atomic E-state index is 12.7. The predicted molar refractivity (Wildman–Crippen MR) is 89.7 cm³/mol. The van der Waals surface area contributed by atoms with Crippen molar-refractivity contribution in [2.24, 2.45) is 0 Å².